The van der Waals surface area contributed by atoms with Gasteiger partial charge in [0.1, 0.15) is 5.75 Å². The van der Waals surface area contributed by atoms with E-state index in [4.69, 9.17) is 22.1 Å². The summed E-state index contributed by atoms with van der Waals surface area (Å²) in [6, 6.07) is 5.28. The van der Waals surface area contributed by atoms with Crippen LogP contribution in [0.3, 0.4) is 0 Å². The van der Waals surface area contributed by atoms with E-state index in [9.17, 15) is 9.59 Å². The Hall–Kier alpha value is -1.75. The van der Waals surface area contributed by atoms with Gasteiger partial charge in [-0.3, -0.25) is 9.59 Å². The third-order valence-corrected chi connectivity index (χ3v) is 4.20. The number of carbonyl (C=O) groups is 2. The first-order valence-corrected chi connectivity index (χ1v) is 7.28. The number of amides is 2. The van der Waals surface area contributed by atoms with Crippen molar-refractivity contribution in [2.45, 2.75) is 19.3 Å². The zero-order chi connectivity index (χ0) is 15.4. The molecule has 0 atom stereocenters. The molecule has 114 valence electrons. The summed E-state index contributed by atoms with van der Waals surface area (Å²) in [7, 11) is 1.57. The lowest BCUT2D eigenvalue weighted by Crippen LogP contribution is -2.42. The SMILES string of the molecule is COc1ccc(CC(=O)N2CCC(C(N)=O)CC2)c(Cl)c1. The van der Waals surface area contributed by atoms with Crippen LogP contribution in [0.4, 0.5) is 0 Å². The molecule has 1 aromatic rings. The van der Waals surface area contributed by atoms with Gasteiger partial charge in [0.05, 0.1) is 13.5 Å². The maximum absolute atomic E-state index is 12.3. The molecule has 2 amide bonds. The molecule has 2 rings (SSSR count). The van der Waals surface area contributed by atoms with E-state index in [1.807, 2.05) is 0 Å². The lowest BCUT2D eigenvalue weighted by Gasteiger charge is -2.30. The van der Waals surface area contributed by atoms with E-state index in [1.54, 1.807) is 30.2 Å². The van der Waals surface area contributed by atoms with Crippen molar-refractivity contribution in [3.8, 4) is 5.75 Å². The Bertz CT molecular complexity index is 540. The zero-order valence-electron chi connectivity index (χ0n) is 12.0. The molecule has 0 unspecified atom stereocenters. The van der Waals surface area contributed by atoms with Gasteiger partial charge in [-0.05, 0) is 30.5 Å². The zero-order valence-corrected chi connectivity index (χ0v) is 12.7. The van der Waals surface area contributed by atoms with Crippen LogP contribution in [-0.2, 0) is 16.0 Å². The van der Waals surface area contributed by atoms with Crippen molar-refractivity contribution < 1.29 is 14.3 Å². The number of nitrogens with zero attached hydrogens (tertiary/aromatic N) is 1. The van der Waals surface area contributed by atoms with Crippen LogP contribution >= 0.6 is 11.6 Å². The Labute approximate surface area is 129 Å². The molecule has 1 fully saturated rings. The van der Waals surface area contributed by atoms with Crippen molar-refractivity contribution in [3.63, 3.8) is 0 Å². The van der Waals surface area contributed by atoms with Gasteiger partial charge in [0.2, 0.25) is 11.8 Å². The summed E-state index contributed by atoms with van der Waals surface area (Å²) < 4.78 is 5.08. The molecule has 2 N–H and O–H groups in total. The summed E-state index contributed by atoms with van der Waals surface area (Å²) in [4.78, 5) is 25.2. The first-order chi connectivity index (χ1) is 10.0. The van der Waals surface area contributed by atoms with Crippen molar-refractivity contribution in [2.75, 3.05) is 20.2 Å². The van der Waals surface area contributed by atoms with Crippen LogP contribution in [0.1, 0.15) is 18.4 Å². The highest BCUT2D eigenvalue weighted by Crippen LogP contribution is 2.24. The summed E-state index contributed by atoms with van der Waals surface area (Å²) in [5, 5.41) is 0.523. The number of benzene rings is 1. The number of likely N-dealkylation sites (tertiary alicyclic amines) is 1. The van der Waals surface area contributed by atoms with Gasteiger partial charge in [-0.25, -0.2) is 0 Å². The highest BCUT2D eigenvalue weighted by molar-refractivity contribution is 6.31. The van der Waals surface area contributed by atoms with E-state index in [0.29, 0.717) is 36.7 Å². The van der Waals surface area contributed by atoms with Crippen LogP contribution in [0.2, 0.25) is 5.02 Å². The Morgan fingerprint density at radius 1 is 1.38 bits per heavy atom. The van der Waals surface area contributed by atoms with Gasteiger partial charge in [0.15, 0.2) is 0 Å². The first-order valence-electron chi connectivity index (χ1n) is 6.90. The normalized spacial score (nSPS) is 15.8. The number of primary amides is 1. The number of rotatable bonds is 4. The van der Waals surface area contributed by atoms with E-state index in [0.717, 1.165) is 5.56 Å². The molecule has 0 aliphatic carbocycles. The van der Waals surface area contributed by atoms with Gasteiger partial charge in [-0.15, -0.1) is 0 Å². The van der Waals surface area contributed by atoms with Gasteiger partial charge >= 0.3 is 0 Å². The Kier molecular flexibility index (Phi) is 5.07. The van der Waals surface area contributed by atoms with Crippen molar-refractivity contribution in [3.05, 3.63) is 28.8 Å². The van der Waals surface area contributed by atoms with Crippen molar-refractivity contribution >= 4 is 23.4 Å². The summed E-state index contributed by atoms with van der Waals surface area (Å²) >= 11 is 6.14. The lowest BCUT2D eigenvalue weighted by molar-refractivity contribution is -0.134. The number of halogens is 1. The number of hydrogen-bond acceptors (Lipinski definition) is 3. The van der Waals surface area contributed by atoms with Crippen LogP contribution in [0, 0.1) is 5.92 Å². The molecule has 0 saturated carbocycles. The molecule has 1 heterocycles. The van der Waals surface area contributed by atoms with E-state index >= 15 is 0 Å². The van der Waals surface area contributed by atoms with E-state index in [1.165, 1.54) is 0 Å². The van der Waals surface area contributed by atoms with Gasteiger partial charge in [0.25, 0.3) is 0 Å². The molecular weight excluding hydrogens is 292 g/mol. The van der Waals surface area contributed by atoms with Gasteiger partial charge in [-0.1, -0.05) is 17.7 Å². The molecule has 0 radical (unpaired) electrons. The van der Waals surface area contributed by atoms with E-state index < -0.39 is 0 Å². The van der Waals surface area contributed by atoms with E-state index in [-0.39, 0.29) is 24.2 Å². The van der Waals surface area contributed by atoms with Crippen molar-refractivity contribution in [2.24, 2.45) is 11.7 Å². The van der Waals surface area contributed by atoms with Crippen LogP contribution in [0.15, 0.2) is 18.2 Å². The van der Waals surface area contributed by atoms with Crippen molar-refractivity contribution in [1.29, 1.82) is 0 Å². The van der Waals surface area contributed by atoms with Crippen LogP contribution < -0.4 is 10.5 Å². The average Bonchev–Trinajstić information content (AvgIpc) is 2.49. The second kappa shape index (κ2) is 6.80. The summed E-state index contributed by atoms with van der Waals surface area (Å²) in [5.41, 5.74) is 6.07. The number of piperidine rings is 1. The Morgan fingerprint density at radius 2 is 2.05 bits per heavy atom. The topological polar surface area (TPSA) is 72.6 Å². The predicted molar refractivity (Wildman–Crippen MR) is 80.2 cm³/mol. The molecule has 21 heavy (non-hydrogen) atoms. The molecule has 1 aromatic carbocycles. The standard InChI is InChI=1S/C15H19ClN2O3/c1-21-12-3-2-11(13(16)9-12)8-14(19)18-6-4-10(5-7-18)15(17)20/h2-3,9-10H,4-8H2,1H3,(H2,17,20). The third kappa shape index (κ3) is 3.88. The Morgan fingerprint density at radius 3 is 2.57 bits per heavy atom. The predicted octanol–water partition coefficient (Wildman–Crippen LogP) is 1.62. The molecule has 6 heteroatoms. The van der Waals surface area contributed by atoms with Crippen LogP contribution in [0.5, 0.6) is 5.75 Å². The average molecular weight is 311 g/mol. The summed E-state index contributed by atoms with van der Waals surface area (Å²) in [6.45, 7) is 1.14. The van der Waals surface area contributed by atoms with Crippen LogP contribution in [-0.4, -0.2) is 36.9 Å². The van der Waals surface area contributed by atoms with Gasteiger partial charge in [-0.2, -0.15) is 0 Å². The second-order valence-electron chi connectivity index (χ2n) is 5.19. The minimum atomic E-state index is -0.278. The quantitative estimate of drug-likeness (QED) is 0.918. The molecule has 1 aliphatic rings. The fourth-order valence-corrected chi connectivity index (χ4v) is 2.72. The number of ether oxygens (including phenoxy) is 1. The minimum absolute atomic E-state index is 0.0185. The second-order valence-corrected chi connectivity index (χ2v) is 5.60. The number of carbonyl (C=O) groups excluding carboxylic acids is 2. The summed E-state index contributed by atoms with van der Waals surface area (Å²) in [6.07, 6.45) is 1.53. The molecule has 0 aromatic heterocycles. The molecular formula is C15H19ClN2O3. The van der Waals surface area contributed by atoms with Gasteiger partial charge < -0.3 is 15.4 Å². The van der Waals surface area contributed by atoms with Crippen molar-refractivity contribution in [1.82, 2.24) is 4.90 Å². The number of nitrogens with two attached hydrogens (primary N) is 1. The molecule has 0 spiro atoms. The Balaban J connectivity index is 1.95. The molecule has 1 saturated heterocycles. The number of hydrogen-bond donors (Lipinski definition) is 1. The lowest BCUT2D eigenvalue weighted by atomic mass is 9.96. The monoisotopic (exact) mass is 310 g/mol. The largest absolute Gasteiger partial charge is 0.497 e. The number of methoxy groups -OCH3 is 1. The highest BCUT2D eigenvalue weighted by atomic mass is 35.5. The maximum atomic E-state index is 12.3. The fraction of sp³-hybridized carbons (Fsp3) is 0.467. The minimum Gasteiger partial charge on any atom is -0.497 e. The summed E-state index contributed by atoms with van der Waals surface area (Å²) in [5.74, 6) is 0.294. The van der Waals surface area contributed by atoms with Gasteiger partial charge in [0, 0.05) is 24.0 Å². The highest BCUT2D eigenvalue weighted by Gasteiger charge is 2.26. The molecule has 0 bridgehead atoms. The molecule has 5 nitrogen and oxygen atoms in total. The van der Waals surface area contributed by atoms with Crippen LogP contribution in [0.25, 0.3) is 0 Å². The fourth-order valence-electron chi connectivity index (χ4n) is 2.49. The third-order valence-electron chi connectivity index (χ3n) is 3.85. The van der Waals surface area contributed by atoms with E-state index in [2.05, 4.69) is 0 Å². The smallest absolute Gasteiger partial charge is 0.227 e. The maximum Gasteiger partial charge on any atom is 0.227 e. The first kappa shape index (κ1) is 15.6. The molecule has 1 aliphatic heterocycles.